The highest BCUT2D eigenvalue weighted by molar-refractivity contribution is 7.98. The third-order valence-electron chi connectivity index (χ3n) is 3.51. The topological polar surface area (TPSA) is 32.3 Å². The Balaban J connectivity index is 1.88. The van der Waals surface area contributed by atoms with Crippen LogP contribution in [0.25, 0.3) is 0 Å². The molecule has 1 aliphatic rings. The van der Waals surface area contributed by atoms with Gasteiger partial charge >= 0.3 is 0 Å². The molecule has 0 spiro atoms. The molecule has 2 aromatic rings. The molecular formula is C16H17NOS. The van der Waals surface area contributed by atoms with E-state index < -0.39 is 0 Å². The van der Waals surface area contributed by atoms with E-state index in [4.69, 9.17) is 0 Å². The number of nitrogens with one attached hydrogen (secondary N) is 1. The van der Waals surface area contributed by atoms with Gasteiger partial charge in [-0.3, -0.25) is 0 Å². The van der Waals surface area contributed by atoms with E-state index in [1.165, 1.54) is 11.1 Å². The number of phenolic OH excluding ortho intramolecular Hbond substituents is 1. The molecule has 0 amide bonds. The predicted octanol–water partition coefficient (Wildman–Crippen LogP) is 4.10. The average molecular weight is 271 g/mol. The van der Waals surface area contributed by atoms with Crippen LogP contribution in [-0.4, -0.2) is 10.9 Å². The fourth-order valence-electron chi connectivity index (χ4n) is 2.50. The van der Waals surface area contributed by atoms with Gasteiger partial charge in [-0.25, -0.2) is 0 Å². The van der Waals surface area contributed by atoms with Crippen LogP contribution in [-0.2, 0) is 5.75 Å². The fraction of sp³-hybridized carbons (Fsp3) is 0.250. The summed E-state index contributed by atoms with van der Waals surface area (Å²) in [5.74, 6) is 2.50. The summed E-state index contributed by atoms with van der Waals surface area (Å²) in [4.78, 5) is 0. The number of rotatable bonds is 2. The molecule has 98 valence electrons. The second-order valence-electron chi connectivity index (χ2n) is 4.91. The number of hydrogen-bond donors (Lipinski definition) is 2. The third-order valence-corrected chi connectivity index (χ3v) is 4.60. The van der Waals surface area contributed by atoms with Crippen molar-refractivity contribution in [2.45, 2.75) is 18.7 Å². The van der Waals surface area contributed by atoms with Crippen LogP contribution in [0.15, 0.2) is 42.5 Å². The second-order valence-corrected chi connectivity index (χ2v) is 5.94. The Morgan fingerprint density at radius 2 is 2.05 bits per heavy atom. The molecule has 2 N–H and O–H groups in total. The first kappa shape index (κ1) is 12.4. The van der Waals surface area contributed by atoms with Gasteiger partial charge in [0.1, 0.15) is 5.75 Å². The van der Waals surface area contributed by atoms with Crippen LogP contribution in [0.5, 0.6) is 5.75 Å². The summed E-state index contributed by atoms with van der Waals surface area (Å²) in [6.07, 6.45) is 0. The van der Waals surface area contributed by atoms with Crippen molar-refractivity contribution < 1.29 is 5.11 Å². The summed E-state index contributed by atoms with van der Waals surface area (Å²) in [6.45, 7) is 2.02. The molecule has 1 unspecified atom stereocenters. The maximum Gasteiger partial charge on any atom is 0.115 e. The lowest BCUT2D eigenvalue weighted by Crippen LogP contribution is -2.19. The molecule has 2 aromatic carbocycles. The monoisotopic (exact) mass is 271 g/mol. The lowest BCUT2D eigenvalue weighted by atomic mass is 10.0. The van der Waals surface area contributed by atoms with Crippen molar-refractivity contribution in [3.63, 3.8) is 0 Å². The predicted molar refractivity (Wildman–Crippen MR) is 81.8 cm³/mol. The number of phenols is 1. The highest BCUT2D eigenvalue weighted by Gasteiger charge is 2.20. The van der Waals surface area contributed by atoms with Crippen LogP contribution in [0, 0.1) is 6.92 Å². The highest BCUT2D eigenvalue weighted by atomic mass is 32.2. The van der Waals surface area contributed by atoms with Crippen molar-refractivity contribution in [1.29, 1.82) is 0 Å². The number of aryl methyl sites for hydroxylation is 1. The van der Waals surface area contributed by atoms with Crippen molar-refractivity contribution in [1.82, 2.24) is 0 Å². The van der Waals surface area contributed by atoms with Gasteiger partial charge < -0.3 is 10.4 Å². The van der Waals surface area contributed by atoms with Crippen molar-refractivity contribution in [3.05, 3.63) is 59.2 Å². The van der Waals surface area contributed by atoms with Gasteiger partial charge in [-0.2, -0.15) is 11.8 Å². The van der Waals surface area contributed by atoms with Crippen LogP contribution in [0.2, 0.25) is 0 Å². The Morgan fingerprint density at radius 3 is 2.89 bits per heavy atom. The van der Waals surface area contributed by atoms with Gasteiger partial charge in [0.15, 0.2) is 0 Å². The minimum absolute atomic E-state index is 0.321. The molecule has 0 saturated heterocycles. The zero-order chi connectivity index (χ0) is 13.2. The maximum absolute atomic E-state index is 9.47. The van der Waals surface area contributed by atoms with E-state index in [1.807, 2.05) is 24.8 Å². The largest absolute Gasteiger partial charge is 0.508 e. The quantitative estimate of drug-likeness (QED) is 0.807. The van der Waals surface area contributed by atoms with Gasteiger partial charge in [-0.1, -0.05) is 24.3 Å². The van der Waals surface area contributed by atoms with E-state index in [1.54, 1.807) is 12.1 Å². The van der Waals surface area contributed by atoms with Crippen molar-refractivity contribution in [3.8, 4) is 5.75 Å². The van der Waals surface area contributed by atoms with E-state index in [0.29, 0.717) is 11.8 Å². The molecule has 1 aliphatic heterocycles. The van der Waals surface area contributed by atoms with Crippen molar-refractivity contribution in [2.24, 2.45) is 0 Å². The van der Waals surface area contributed by atoms with Crippen LogP contribution < -0.4 is 5.32 Å². The summed E-state index contributed by atoms with van der Waals surface area (Å²) >= 11 is 1.96. The zero-order valence-electron chi connectivity index (χ0n) is 10.9. The molecular weight excluding hydrogens is 254 g/mol. The van der Waals surface area contributed by atoms with Crippen LogP contribution in [0.3, 0.4) is 0 Å². The minimum Gasteiger partial charge on any atom is -0.508 e. The Hall–Kier alpha value is -1.61. The Labute approximate surface area is 117 Å². The third kappa shape index (κ3) is 2.56. The molecule has 0 fully saturated rings. The lowest BCUT2D eigenvalue weighted by Gasteiger charge is -2.27. The number of fused-ring (bicyclic) bond motifs is 1. The van der Waals surface area contributed by atoms with E-state index in [2.05, 4.69) is 29.6 Å². The molecule has 1 heterocycles. The first-order chi connectivity index (χ1) is 9.24. The van der Waals surface area contributed by atoms with Gasteiger partial charge in [0.05, 0.1) is 6.04 Å². The highest BCUT2D eigenvalue weighted by Crippen LogP contribution is 2.34. The Morgan fingerprint density at radius 1 is 1.21 bits per heavy atom. The molecule has 2 nitrogen and oxygen atoms in total. The Kier molecular flexibility index (Phi) is 3.38. The molecule has 3 rings (SSSR count). The molecule has 0 bridgehead atoms. The van der Waals surface area contributed by atoms with Gasteiger partial charge in [-0.05, 0) is 41.8 Å². The molecule has 0 radical (unpaired) electrons. The van der Waals surface area contributed by atoms with Gasteiger partial charge in [-0.15, -0.1) is 0 Å². The normalized spacial score (nSPS) is 17.8. The SMILES string of the molecule is Cc1cc(O)ccc1NC1CSCc2ccccc21. The average Bonchev–Trinajstić information content (AvgIpc) is 2.42. The zero-order valence-corrected chi connectivity index (χ0v) is 11.7. The number of hydrogen-bond acceptors (Lipinski definition) is 3. The first-order valence-corrected chi connectivity index (χ1v) is 7.61. The number of anilines is 1. The molecule has 1 atom stereocenters. The molecule has 0 aromatic heterocycles. The Bertz CT molecular complexity index is 597. The lowest BCUT2D eigenvalue weighted by molar-refractivity contribution is 0.475. The maximum atomic E-state index is 9.47. The first-order valence-electron chi connectivity index (χ1n) is 6.46. The van der Waals surface area contributed by atoms with Crippen molar-refractivity contribution in [2.75, 3.05) is 11.1 Å². The summed E-state index contributed by atoms with van der Waals surface area (Å²) in [5.41, 5.74) is 4.99. The van der Waals surface area contributed by atoms with E-state index in [0.717, 1.165) is 22.8 Å². The van der Waals surface area contributed by atoms with Gasteiger partial charge in [0, 0.05) is 17.2 Å². The summed E-state index contributed by atoms with van der Waals surface area (Å²) in [5, 5.41) is 13.1. The van der Waals surface area contributed by atoms with E-state index >= 15 is 0 Å². The standard InChI is InChI=1S/C16H17NOS/c1-11-8-13(18)6-7-15(11)17-16-10-19-9-12-4-2-3-5-14(12)16/h2-8,16-18H,9-10H2,1H3. The smallest absolute Gasteiger partial charge is 0.115 e. The fourth-order valence-corrected chi connectivity index (χ4v) is 3.60. The molecule has 19 heavy (non-hydrogen) atoms. The second kappa shape index (κ2) is 5.17. The van der Waals surface area contributed by atoms with E-state index in [-0.39, 0.29) is 0 Å². The van der Waals surface area contributed by atoms with E-state index in [9.17, 15) is 5.11 Å². The number of benzene rings is 2. The van der Waals surface area contributed by atoms with Crippen LogP contribution >= 0.6 is 11.8 Å². The summed E-state index contributed by atoms with van der Waals surface area (Å²) in [6, 6.07) is 14.5. The summed E-state index contributed by atoms with van der Waals surface area (Å²) < 4.78 is 0. The van der Waals surface area contributed by atoms with Crippen molar-refractivity contribution >= 4 is 17.4 Å². The molecule has 3 heteroatoms. The van der Waals surface area contributed by atoms with Gasteiger partial charge in [0.2, 0.25) is 0 Å². The summed E-state index contributed by atoms with van der Waals surface area (Å²) in [7, 11) is 0. The number of aromatic hydroxyl groups is 1. The van der Waals surface area contributed by atoms with Gasteiger partial charge in [0.25, 0.3) is 0 Å². The molecule has 0 saturated carbocycles. The minimum atomic E-state index is 0.321. The number of thioether (sulfide) groups is 1. The molecule has 0 aliphatic carbocycles. The van der Waals surface area contributed by atoms with Crippen LogP contribution in [0.4, 0.5) is 5.69 Å². The van der Waals surface area contributed by atoms with Crippen LogP contribution in [0.1, 0.15) is 22.7 Å².